The predicted molar refractivity (Wildman–Crippen MR) is 94.6 cm³/mol. The second kappa shape index (κ2) is 8.60. The number of amides is 3. The Kier molecular flexibility index (Phi) is 6.25. The third kappa shape index (κ3) is 5.74. The molecule has 0 saturated carbocycles. The van der Waals surface area contributed by atoms with Crippen molar-refractivity contribution in [1.82, 2.24) is 5.32 Å². The molecule has 0 aromatic heterocycles. The Bertz CT molecular complexity index is 775. The maximum Gasteiger partial charge on any atom is 0.251 e. The lowest BCUT2D eigenvalue weighted by molar-refractivity contribution is -0.117. The molecule has 0 radical (unpaired) electrons. The zero-order valence-corrected chi connectivity index (χ0v) is 13.6. The number of anilines is 1. The van der Waals surface area contributed by atoms with Crippen LogP contribution in [-0.4, -0.2) is 24.3 Å². The summed E-state index contributed by atoms with van der Waals surface area (Å²) in [5.41, 5.74) is 13.0. The smallest absolute Gasteiger partial charge is 0.251 e. The summed E-state index contributed by atoms with van der Waals surface area (Å²) in [5, 5.41) is 5.16. The Labute approximate surface area is 145 Å². The van der Waals surface area contributed by atoms with E-state index in [1.165, 1.54) is 6.07 Å². The van der Waals surface area contributed by atoms with Crippen molar-refractivity contribution >= 4 is 23.4 Å². The van der Waals surface area contributed by atoms with Crippen molar-refractivity contribution in [3.05, 3.63) is 65.2 Å². The molecule has 2 aromatic rings. The van der Waals surface area contributed by atoms with E-state index in [1.807, 2.05) is 30.3 Å². The monoisotopic (exact) mass is 340 g/mol. The number of nitrogens with one attached hydrogen (secondary N) is 2. The van der Waals surface area contributed by atoms with Crippen LogP contribution in [0.2, 0.25) is 0 Å². The first-order valence-electron chi connectivity index (χ1n) is 7.72. The maximum atomic E-state index is 12.2. The SMILES string of the molecule is NCc1cc(NC(=O)Cc2ccccc2)cc(C(=O)NCC(N)=O)c1. The highest BCUT2D eigenvalue weighted by Crippen LogP contribution is 2.16. The van der Waals surface area contributed by atoms with Crippen molar-refractivity contribution in [3.8, 4) is 0 Å². The number of carbonyl (C=O) groups is 3. The van der Waals surface area contributed by atoms with E-state index in [9.17, 15) is 14.4 Å². The van der Waals surface area contributed by atoms with Gasteiger partial charge in [0.05, 0.1) is 13.0 Å². The van der Waals surface area contributed by atoms with Crippen LogP contribution in [0.15, 0.2) is 48.5 Å². The van der Waals surface area contributed by atoms with Crippen LogP contribution in [0.3, 0.4) is 0 Å². The molecule has 130 valence electrons. The molecule has 0 aliphatic rings. The summed E-state index contributed by atoms with van der Waals surface area (Å²) in [4.78, 5) is 35.0. The van der Waals surface area contributed by atoms with E-state index in [2.05, 4.69) is 10.6 Å². The van der Waals surface area contributed by atoms with Crippen LogP contribution in [-0.2, 0) is 22.6 Å². The standard InChI is InChI=1S/C18H20N4O3/c19-10-13-6-14(18(25)21-11-16(20)23)9-15(7-13)22-17(24)8-12-4-2-1-3-5-12/h1-7,9H,8,10-11,19H2,(H2,20,23)(H,21,25)(H,22,24). The van der Waals surface area contributed by atoms with E-state index < -0.39 is 11.8 Å². The molecular weight excluding hydrogens is 320 g/mol. The second-order valence-electron chi connectivity index (χ2n) is 5.48. The van der Waals surface area contributed by atoms with Gasteiger partial charge in [0, 0.05) is 17.8 Å². The fourth-order valence-corrected chi connectivity index (χ4v) is 2.27. The second-order valence-corrected chi connectivity index (χ2v) is 5.48. The van der Waals surface area contributed by atoms with Crippen LogP contribution in [0.1, 0.15) is 21.5 Å². The number of primary amides is 1. The highest BCUT2D eigenvalue weighted by Gasteiger charge is 2.11. The molecule has 0 fully saturated rings. The first-order chi connectivity index (χ1) is 12.0. The Balaban J connectivity index is 2.11. The van der Waals surface area contributed by atoms with Crippen molar-refractivity contribution in [1.29, 1.82) is 0 Å². The lowest BCUT2D eigenvalue weighted by Gasteiger charge is -2.10. The topological polar surface area (TPSA) is 127 Å². The number of hydrogen-bond acceptors (Lipinski definition) is 4. The summed E-state index contributed by atoms with van der Waals surface area (Å²) in [7, 11) is 0. The summed E-state index contributed by atoms with van der Waals surface area (Å²) >= 11 is 0. The van der Waals surface area contributed by atoms with Crippen molar-refractivity contribution in [3.63, 3.8) is 0 Å². The van der Waals surface area contributed by atoms with Gasteiger partial charge in [-0.2, -0.15) is 0 Å². The molecule has 0 bridgehead atoms. The number of hydrogen-bond donors (Lipinski definition) is 4. The van der Waals surface area contributed by atoms with Gasteiger partial charge in [0.2, 0.25) is 11.8 Å². The Morgan fingerprint density at radius 2 is 1.68 bits per heavy atom. The minimum absolute atomic E-state index is 0.205. The van der Waals surface area contributed by atoms with Gasteiger partial charge >= 0.3 is 0 Å². The van der Waals surface area contributed by atoms with Crippen molar-refractivity contribution in [2.24, 2.45) is 11.5 Å². The van der Waals surface area contributed by atoms with Gasteiger partial charge < -0.3 is 22.1 Å². The number of rotatable bonds is 7. The molecule has 0 heterocycles. The Hall–Kier alpha value is -3.19. The first kappa shape index (κ1) is 18.2. The van der Waals surface area contributed by atoms with Gasteiger partial charge in [0.25, 0.3) is 5.91 Å². The Morgan fingerprint density at radius 1 is 0.960 bits per heavy atom. The highest BCUT2D eigenvalue weighted by atomic mass is 16.2. The van der Waals surface area contributed by atoms with Crippen LogP contribution < -0.4 is 22.1 Å². The van der Waals surface area contributed by atoms with E-state index in [0.29, 0.717) is 16.8 Å². The van der Waals surface area contributed by atoms with Crippen molar-refractivity contribution in [2.75, 3.05) is 11.9 Å². The largest absolute Gasteiger partial charge is 0.368 e. The molecule has 3 amide bonds. The summed E-state index contributed by atoms with van der Waals surface area (Å²) in [6.07, 6.45) is 0.219. The van der Waals surface area contributed by atoms with E-state index in [4.69, 9.17) is 11.5 Å². The number of carbonyl (C=O) groups excluding carboxylic acids is 3. The third-order valence-corrected chi connectivity index (χ3v) is 3.41. The van der Waals surface area contributed by atoms with Gasteiger partial charge in [0.1, 0.15) is 0 Å². The summed E-state index contributed by atoms with van der Waals surface area (Å²) in [6.45, 7) is -0.0557. The molecule has 6 N–H and O–H groups in total. The zero-order chi connectivity index (χ0) is 18.2. The molecule has 2 aromatic carbocycles. The van der Waals surface area contributed by atoms with Gasteiger partial charge in [-0.05, 0) is 29.3 Å². The predicted octanol–water partition coefficient (Wildman–Crippen LogP) is 0.542. The van der Waals surface area contributed by atoms with Crippen LogP contribution in [0.4, 0.5) is 5.69 Å². The van der Waals surface area contributed by atoms with E-state index in [-0.39, 0.29) is 25.4 Å². The normalized spacial score (nSPS) is 10.1. The average Bonchev–Trinajstić information content (AvgIpc) is 2.60. The molecule has 0 saturated heterocycles. The molecule has 0 atom stereocenters. The zero-order valence-electron chi connectivity index (χ0n) is 13.6. The molecule has 2 rings (SSSR count). The molecule has 0 aliphatic carbocycles. The molecule has 7 heteroatoms. The lowest BCUT2D eigenvalue weighted by atomic mass is 10.1. The minimum Gasteiger partial charge on any atom is -0.368 e. The fourth-order valence-electron chi connectivity index (χ4n) is 2.27. The van der Waals surface area contributed by atoms with Crippen LogP contribution in [0.25, 0.3) is 0 Å². The van der Waals surface area contributed by atoms with Crippen LogP contribution >= 0.6 is 0 Å². The quantitative estimate of drug-likeness (QED) is 0.586. The van der Waals surface area contributed by atoms with Crippen molar-refractivity contribution in [2.45, 2.75) is 13.0 Å². The van der Waals surface area contributed by atoms with Gasteiger partial charge in [-0.3, -0.25) is 14.4 Å². The Morgan fingerprint density at radius 3 is 2.32 bits per heavy atom. The minimum atomic E-state index is -0.639. The van der Waals surface area contributed by atoms with E-state index >= 15 is 0 Å². The number of benzene rings is 2. The average molecular weight is 340 g/mol. The molecular formula is C18H20N4O3. The molecule has 0 spiro atoms. The summed E-state index contributed by atoms with van der Waals surface area (Å²) < 4.78 is 0. The summed E-state index contributed by atoms with van der Waals surface area (Å²) in [5.74, 6) is -1.31. The van der Waals surface area contributed by atoms with E-state index in [1.54, 1.807) is 12.1 Å². The third-order valence-electron chi connectivity index (χ3n) is 3.41. The highest BCUT2D eigenvalue weighted by molar-refractivity contribution is 5.99. The van der Waals surface area contributed by atoms with Gasteiger partial charge in [0.15, 0.2) is 0 Å². The molecule has 0 unspecified atom stereocenters. The molecule has 0 aliphatic heterocycles. The van der Waals surface area contributed by atoms with Gasteiger partial charge in [-0.15, -0.1) is 0 Å². The molecule has 7 nitrogen and oxygen atoms in total. The first-order valence-corrected chi connectivity index (χ1v) is 7.72. The maximum absolute atomic E-state index is 12.2. The fraction of sp³-hybridized carbons (Fsp3) is 0.167. The van der Waals surface area contributed by atoms with Gasteiger partial charge in [-0.1, -0.05) is 30.3 Å². The van der Waals surface area contributed by atoms with E-state index in [0.717, 1.165) is 5.56 Å². The van der Waals surface area contributed by atoms with Crippen molar-refractivity contribution < 1.29 is 14.4 Å². The lowest BCUT2D eigenvalue weighted by Crippen LogP contribution is -2.33. The summed E-state index contributed by atoms with van der Waals surface area (Å²) in [6, 6.07) is 14.1. The number of nitrogens with two attached hydrogens (primary N) is 2. The van der Waals surface area contributed by atoms with Crippen LogP contribution in [0.5, 0.6) is 0 Å². The van der Waals surface area contributed by atoms with Crippen LogP contribution in [0, 0.1) is 0 Å². The molecule has 25 heavy (non-hydrogen) atoms. The van der Waals surface area contributed by atoms with Gasteiger partial charge in [-0.25, -0.2) is 0 Å².